The number of benzene rings is 2. The zero-order valence-electron chi connectivity index (χ0n) is 13.1. The second kappa shape index (κ2) is 8.67. The quantitative estimate of drug-likeness (QED) is 0.653. The maximum absolute atomic E-state index is 9.38. The van der Waals surface area contributed by atoms with Crippen molar-refractivity contribution >= 4 is 5.71 Å². The van der Waals surface area contributed by atoms with Gasteiger partial charge in [-0.1, -0.05) is 72.8 Å². The summed E-state index contributed by atoms with van der Waals surface area (Å²) in [6, 6.07) is 21.5. The van der Waals surface area contributed by atoms with Gasteiger partial charge in [-0.15, -0.1) is 0 Å². The van der Waals surface area contributed by atoms with E-state index in [0.29, 0.717) is 6.42 Å². The summed E-state index contributed by atoms with van der Waals surface area (Å²) in [7, 11) is 0. The van der Waals surface area contributed by atoms with Crippen LogP contribution in [0.5, 0.6) is 0 Å². The minimum absolute atomic E-state index is 0.477. The lowest BCUT2D eigenvalue weighted by molar-refractivity contribution is 0.244. The molecule has 0 amide bonds. The molecule has 116 valence electrons. The largest absolute Gasteiger partial charge is 0.389 e. The van der Waals surface area contributed by atoms with Crippen LogP contribution in [0.25, 0.3) is 0 Å². The van der Waals surface area contributed by atoms with Gasteiger partial charge in [0, 0.05) is 17.5 Å². The molecule has 0 bridgehead atoms. The first-order valence-corrected chi connectivity index (χ1v) is 7.63. The molecule has 1 N–H and O–H groups in total. The molecule has 2 aromatic carbocycles. The van der Waals surface area contributed by atoms with Gasteiger partial charge in [0.2, 0.25) is 0 Å². The molecule has 23 heavy (non-hydrogen) atoms. The topological polar surface area (TPSA) is 56.4 Å². The molecule has 2 atom stereocenters. The molecule has 0 aliphatic rings. The third-order valence-electron chi connectivity index (χ3n) is 3.30. The Labute approximate surface area is 137 Å². The average molecular weight is 304 g/mol. The van der Waals surface area contributed by atoms with Crippen LogP contribution in [-0.4, -0.2) is 23.0 Å². The summed E-state index contributed by atoms with van der Waals surface area (Å²) in [5.41, 5.74) is 2.78. The normalized spacial score (nSPS) is 13.3. The van der Waals surface area contributed by atoms with E-state index in [4.69, 9.17) is 0 Å². The number of aliphatic hydroxyl groups is 1. The summed E-state index contributed by atoms with van der Waals surface area (Å²) in [6.45, 7) is 1.68. The Morgan fingerprint density at radius 3 is 2.04 bits per heavy atom. The van der Waals surface area contributed by atoms with Gasteiger partial charge in [0.25, 0.3) is 0 Å². The molecule has 0 fully saturated rings. The molecule has 3 heteroatoms. The maximum atomic E-state index is 9.38. The molecule has 2 rings (SSSR count). The van der Waals surface area contributed by atoms with E-state index in [2.05, 4.69) is 11.1 Å². The number of aliphatic hydroxyl groups excluding tert-OH is 1. The standard InChI is InChI=1S/C20H20N2O/c1-16(23)9-8-14-19(15-21)22-20(17-10-4-2-5-11-17)18-12-6-3-7-13-18/h2-13,16,19,23H,14H2,1H3/b9-8+. The smallest absolute Gasteiger partial charge is 0.140 e. The fourth-order valence-electron chi connectivity index (χ4n) is 2.20. The highest BCUT2D eigenvalue weighted by Gasteiger charge is 2.10. The summed E-state index contributed by atoms with van der Waals surface area (Å²) < 4.78 is 0. The lowest BCUT2D eigenvalue weighted by atomic mass is 10.0. The summed E-state index contributed by atoms with van der Waals surface area (Å²) in [4.78, 5) is 4.65. The molecule has 0 aromatic heterocycles. The van der Waals surface area contributed by atoms with Gasteiger partial charge in [-0.3, -0.25) is 4.99 Å². The van der Waals surface area contributed by atoms with E-state index in [1.807, 2.05) is 60.7 Å². The molecule has 0 saturated heterocycles. The van der Waals surface area contributed by atoms with Crippen LogP contribution in [0.2, 0.25) is 0 Å². The van der Waals surface area contributed by atoms with Crippen molar-refractivity contribution in [3.8, 4) is 6.07 Å². The Balaban J connectivity index is 2.35. The molecule has 0 aliphatic carbocycles. The summed E-state index contributed by atoms with van der Waals surface area (Å²) >= 11 is 0. The molecule has 2 unspecified atom stereocenters. The third-order valence-corrected chi connectivity index (χ3v) is 3.30. The van der Waals surface area contributed by atoms with Crippen LogP contribution >= 0.6 is 0 Å². The first kappa shape index (κ1) is 16.7. The van der Waals surface area contributed by atoms with Gasteiger partial charge in [-0.2, -0.15) is 5.26 Å². The Morgan fingerprint density at radius 2 is 1.61 bits per heavy atom. The highest BCUT2D eigenvalue weighted by molar-refractivity contribution is 6.13. The van der Waals surface area contributed by atoms with Crippen molar-refractivity contribution < 1.29 is 5.11 Å². The predicted molar refractivity (Wildman–Crippen MR) is 93.4 cm³/mol. The van der Waals surface area contributed by atoms with Gasteiger partial charge >= 0.3 is 0 Å². The van der Waals surface area contributed by atoms with E-state index < -0.39 is 12.1 Å². The average Bonchev–Trinajstić information content (AvgIpc) is 2.59. The van der Waals surface area contributed by atoms with Gasteiger partial charge in [-0.25, -0.2) is 0 Å². The van der Waals surface area contributed by atoms with Gasteiger partial charge in [-0.05, 0) is 6.92 Å². The van der Waals surface area contributed by atoms with E-state index in [1.54, 1.807) is 19.1 Å². The van der Waals surface area contributed by atoms with Crippen LogP contribution in [0.1, 0.15) is 24.5 Å². The Bertz CT molecular complexity index is 656. The Morgan fingerprint density at radius 1 is 1.09 bits per heavy atom. The zero-order valence-corrected chi connectivity index (χ0v) is 13.1. The first-order valence-electron chi connectivity index (χ1n) is 7.63. The summed E-state index contributed by atoms with van der Waals surface area (Å²) in [6.07, 6.45) is 3.44. The molecule has 2 aromatic rings. The van der Waals surface area contributed by atoms with Crippen LogP contribution in [-0.2, 0) is 0 Å². The number of nitrogens with zero attached hydrogens (tertiary/aromatic N) is 2. The lowest BCUT2D eigenvalue weighted by Gasteiger charge is -2.10. The van der Waals surface area contributed by atoms with Crippen LogP contribution < -0.4 is 0 Å². The molecule has 0 spiro atoms. The lowest BCUT2D eigenvalue weighted by Crippen LogP contribution is -2.10. The number of hydrogen-bond acceptors (Lipinski definition) is 3. The molecule has 3 nitrogen and oxygen atoms in total. The zero-order chi connectivity index (χ0) is 16.5. The van der Waals surface area contributed by atoms with E-state index in [9.17, 15) is 10.4 Å². The second-order valence-corrected chi connectivity index (χ2v) is 5.26. The minimum Gasteiger partial charge on any atom is -0.389 e. The number of rotatable bonds is 6. The van der Waals surface area contributed by atoms with Crippen molar-refractivity contribution in [1.29, 1.82) is 5.26 Å². The van der Waals surface area contributed by atoms with E-state index in [1.165, 1.54) is 0 Å². The molecular formula is C20H20N2O. The van der Waals surface area contributed by atoms with Crippen LogP contribution in [0, 0.1) is 11.3 Å². The van der Waals surface area contributed by atoms with Crippen molar-refractivity contribution in [1.82, 2.24) is 0 Å². The van der Waals surface area contributed by atoms with Crippen LogP contribution in [0.3, 0.4) is 0 Å². The van der Waals surface area contributed by atoms with E-state index in [-0.39, 0.29) is 0 Å². The fourth-order valence-corrected chi connectivity index (χ4v) is 2.20. The minimum atomic E-state index is -0.513. The number of nitriles is 1. The van der Waals surface area contributed by atoms with E-state index >= 15 is 0 Å². The highest BCUT2D eigenvalue weighted by atomic mass is 16.3. The fraction of sp³-hybridized carbons (Fsp3) is 0.200. The SMILES string of the molecule is CC(O)/C=C/CC(C#N)N=C(c1ccccc1)c1ccccc1. The number of hydrogen-bond donors (Lipinski definition) is 1. The molecular weight excluding hydrogens is 284 g/mol. The van der Waals surface area contributed by atoms with Gasteiger partial charge in [0.1, 0.15) is 6.04 Å². The number of aliphatic imine (C=N–C) groups is 1. The summed E-state index contributed by atoms with van der Waals surface area (Å²) in [5, 5.41) is 18.7. The predicted octanol–water partition coefficient (Wildman–Crippen LogP) is 3.74. The third kappa shape index (κ3) is 5.21. The van der Waals surface area contributed by atoms with Crippen molar-refractivity contribution in [3.63, 3.8) is 0 Å². The van der Waals surface area contributed by atoms with Gasteiger partial charge < -0.3 is 5.11 Å². The van der Waals surface area contributed by atoms with Gasteiger partial charge in [0.05, 0.1) is 17.9 Å². The molecule has 0 saturated carbocycles. The van der Waals surface area contributed by atoms with Gasteiger partial charge in [0.15, 0.2) is 0 Å². The Hall–Kier alpha value is -2.70. The highest BCUT2D eigenvalue weighted by Crippen LogP contribution is 2.13. The molecule has 0 aliphatic heterocycles. The van der Waals surface area contributed by atoms with Crippen LogP contribution in [0.15, 0.2) is 77.8 Å². The van der Waals surface area contributed by atoms with E-state index in [0.717, 1.165) is 16.8 Å². The summed E-state index contributed by atoms with van der Waals surface area (Å²) in [5.74, 6) is 0. The van der Waals surface area contributed by atoms with Crippen molar-refractivity contribution in [3.05, 3.63) is 83.9 Å². The first-order chi connectivity index (χ1) is 11.2. The maximum Gasteiger partial charge on any atom is 0.140 e. The molecule has 0 radical (unpaired) electrons. The monoisotopic (exact) mass is 304 g/mol. The van der Waals surface area contributed by atoms with Crippen molar-refractivity contribution in [2.45, 2.75) is 25.5 Å². The van der Waals surface area contributed by atoms with Crippen molar-refractivity contribution in [2.75, 3.05) is 0 Å². The van der Waals surface area contributed by atoms with Crippen molar-refractivity contribution in [2.24, 2.45) is 4.99 Å². The molecule has 0 heterocycles. The second-order valence-electron chi connectivity index (χ2n) is 5.26. The van der Waals surface area contributed by atoms with Crippen LogP contribution in [0.4, 0.5) is 0 Å². The Kier molecular flexibility index (Phi) is 6.28.